The van der Waals surface area contributed by atoms with Gasteiger partial charge in [0.2, 0.25) is 5.91 Å². The van der Waals surface area contributed by atoms with Crippen molar-refractivity contribution in [1.82, 2.24) is 5.32 Å². The molecule has 3 aliphatic rings. The lowest BCUT2D eigenvalue weighted by Gasteiger charge is -2.22. The number of carbonyl (C=O) groups is 1. The molecule has 1 amide bonds. The van der Waals surface area contributed by atoms with Crippen LogP contribution in [0.4, 0.5) is 0 Å². The van der Waals surface area contributed by atoms with Gasteiger partial charge in [0.25, 0.3) is 0 Å². The number of hydrogen-bond donors (Lipinski definition) is 2. The molecule has 0 spiro atoms. The monoisotopic (exact) mass is 252 g/mol. The van der Waals surface area contributed by atoms with Crippen molar-refractivity contribution in [3.8, 4) is 0 Å². The highest BCUT2D eigenvalue weighted by Crippen LogP contribution is 2.54. The topological polar surface area (TPSA) is 55.1 Å². The van der Waals surface area contributed by atoms with E-state index >= 15 is 0 Å². The van der Waals surface area contributed by atoms with Gasteiger partial charge in [-0.15, -0.1) is 0 Å². The summed E-state index contributed by atoms with van der Waals surface area (Å²) in [6.45, 7) is 0. The van der Waals surface area contributed by atoms with Crippen molar-refractivity contribution in [3.63, 3.8) is 0 Å². The maximum Gasteiger partial charge on any atom is 0.223 e. The van der Waals surface area contributed by atoms with Gasteiger partial charge in [-0.2, -0.15) is 0 Å². The van der Waals surface area contributed by atoms with Gasteiger partial charge in [-0.1, -0.05) is 18.6 Å². The number of rotatable bonds is 3. The van der Waals surface area contributed by atoms with Crippen LogP contribution in [0.1, 0.15) is 38.5 Å². The molecular formula is C13H20N2OS. The van der Waals surface area contributed by atoms with Crippen LogP contribution in [0.3, 0.4) is 0 Å². The predicted octanol–water partition coefficient (Wildman–Crippen LogP) is 1.60. The zero-order valence-corrected chi connectivity index (χ0v) is 10.8. The standard InChI is InChI=1S/C13H20N2OS/c14-12(17)10-2-1-3-11(10)15-13(16)9-5-7-4-8(7)6-9/h7-11H,1-6H2,(H2,14,17)(H,15,16). The van der Waals surface area contributed by atoms with Crippen molar-refractivity contribution in [2.45, 2.75) is 44.6 Å². The molecule has 3 rings (SSSR count). The Balaban J connectivity index is 1.55. The van der Waals surface area contributed by atoms with Crippen molar-refractivity contribution < 1.29 is 4.79 Å². The Kier molecular flexibility index (Phi) is 2.85. The van der Waals surface area contributed by atoms with Crippen molar-refractivity contribution in [2.24, 2.45) is 29.4 Å². The Hall–Kier alpha value is -0.640. The van der Waals surface area contributed by atoms with Crippen molar-refractivity contribution >= 4 is 23.1 Å². The molecule has 0 aliphatic heterocycles. The molecule has 3 N–H and O–H groups in total. The van der Waals surface area contributed by atoms with Gasteiger partial charge in [0.05, 0.1) is 4.99 Å². The molecule has 0 heterocycles. The molecular weight excluding hydrogens is 232 g/mol. The van der Waals surface area contributed by atoms with Gasteiger partial charge in [0.15, 0.2) is 0 Å². The maximum atomic E-state index is 12.1. The van der Waals surface area contributed by atoms with Crippen molar-refractivity contribution in [1.29, 1.82) is 0 Å². The second-order valence-electron chi connectivity index (χ2n) is 5.98. The van der Waals surface area contributed by atoms with Crippen LogP contribution in [0.5, 0.6) is 0 Å². The normalized spacial score (nSPS) is 43.2. The fraction of sp³-hybridized carbons (Fsp3) is 0.846. The largest absolute Gasteiger partial charge is 0.393 e. The lowest BCUT2D eigenvalue weighted by Crippen LogP contribution is -2.44. The summed E-state index contributed by atoms with van der Waals surface area (Å²) in [6.07, 6.45) is 6.79. The molecule has 17 heavy (non-hydrogen) atoms. The Morgan fingerprint density at radius 2 is 1.88 bits per heavy atom. The fourth-order valence-corrected chi connectivity index (χ4v) is 3.98. The van der Waals surface area contributed by atoms with Gasteiger partial charge in [0.1, 0.15) is 0 Å². The molecule has 3 aliphatic carbocycles. The third-order valence-electron chi connectivity index (χ3n) is 4.82. The molecule has 0 aromatic carbocycles. The number of fused-ring (bicyclic) bond motifs is 1. The molecule has 3 saturated carbocycles. The first kappa shape index (κ1) is 11.5. The summed E-state index contributed by atoms with van der Waals surface area (Å²) < 4.78 is 0. The molecule has 3 fully saturated rings. The molecule has 0 aromatic rings. The summed E-state index contributed by atoms with van der Waals surface area (Å²) >= 11 is 5.07. The number of hydrogen-bond acceptors (Lipinski definition) is 2. The Bertz CT molecular complexity index is 347. The molecule has 4 atom stereocenters. The molecule has 0 radical (unpaired) electrons. The summed E-state index contributed by atoms with van der Waals surface area (Å²) in [5.74, 6) is 2.48. The molecule has 0 bridgehead atoms. The minimum absolute atomic E-state index is 0.205. The van der Waals surface area contributed by atoms with E-state index in [1.807, 2.05) is 0 Å². The molecule has 3 nitrogen and oxygen atoms in total. The highest BCUT2D eigenvalue weighted by atomic mass is 32.1. The Labute approximate surface area is 108 Å². The average Bonchev–Trinajstić information content (AvgIpc) is 2.75. The van der Waals surface area contributed by atoms with Crippen LogP contribution < -0.4 is 11.1 Å². The maximum absolute atomic E-state index is 12.1. The minimum Gasteiger partial charge on any atom is -0.393 e. The molecule has 4 unspecified atom stereocenters. The quantitative estimate of drug-likeness (QED) is 0.750. The Morgan fingerprint density at radius 1 is 1.18 bits per heavy atom. The zero-order valence-electron chi connectivity index (χ0n) is 10.0. The van der Waals surface area contributed by atoms with Gasteiger partial charge < -0.3 is 11.1 Å². The predicted molar refractivity (Wildman–Crippen MR) is 70.4 cm³/mol. The Morgan fingerprint density at radius 3 is 2.53 bits per heavy atom. The summed E-state index contributed by atoms with van der Waals surface area (Å²) in [5.41, 5.74) is 5.73. The van der Waals surface area contributed by atoms with E-state index in [-0.39, 0.29) is 23.8 Å². The van der Waals surface area contributed by atoms with E-state index in [0.29, 0.717) is 4.99 Å². The first-order valence-electron chi connectivity index (χ1n) is 6.75. The van der Waals surface area contributed by atoms with E-state index in [1.54, 1.807) is 0 Å². The van der Waals surface area contributed by atoms with Crippen molar-refractivity contribution in [2.75, 3.05) is 0 Å². The highest BCUT2D eigenvalue weighted by molar-refractivity contribution is 7.80. The van der Waals surface area contributed by atoms with E-state index in [4.69, 9.17) is 18.0 Å². The van der Waals surface area contributed by atoms with Crippen LogP contribution in [-0.2, 0) is 4.79 Å². The van der Waals surface area contributed by atoms with Crippen LogP contribution in [0.15, 0.2) is 0 Å². The minimum atomic E-state index is 0.205. The first-order chi connectivity index (χ1) is 8.15. The molecule has 0 saturated heterocycles. The van der Waals surface area contributed by atoms with Gasteiger partial charge in [-0.3, -0.25) is 4.79 Å². The number of nitrogens with two attached hydrogens (primary N) is 1. The van der Waals surface area contributed by atoms with Gasteiger partial charge in [0, 0.05) is 17.9 Å². The first-order valence-corrected chi connectivity index (χ1v) is 7.15. The van der Waals surface area contributed by atoms with E-state index in [2.05, 4.69) is 5.32 Å². The smallest absolute Gasteiger partial charge is 0.223 e. The van der Waals surface area contributed by atoms with Gasteiger partial charge in [-0.05, 0) is 43.9 Å². The van der Waals surface area contributed by atoms with E-state index in [1.165, 1.54) is 6.42 Å². The number of amides is 1. The summed E-state index contributed by atoms with van der Waals surface area (Å²) in [4.78, 5) is 12.7. The fourth-order valence-electron chi connectivity index (χ4n) is 3.70. The van der Waals surface area contributed by atoms with Crippen molar-refractivity contribution in [3.05, 3.63) is 0 Å². The van der Waals surface area contributed by atoms with Crippen LogP contribution in [0, 0.1) is 23.7 Å². The molecule has 0 aromatic heterocycles. The highest BCUT2D eigenvalue weighted by Gasteiger charge is 2.48. The lowest BCUT2D eigenvalue weighted by atomic mass is 9.99. The number of carbonyl (C=O) groups excluding carboxylic acids is 1. The van der Waals surface area contributed by atoms with E-state index in [0.717, 1.165) is 43.9 Å². The van der Waals surface area contributed by atoms with Crippen LogP contribution >= 0.6 is 12.2 Å². The number of thiocarbonyl (C=S) groups is 1. The van der Waals surface area contributed by atoms with Crippen LogP contribution in [-0.4, -0.2) is 16.9 Å². The lowest BCUT2D eigenvalue weighted by molar-refractivity contribution is -0.125. The van der Waals surface area contributed by atoms with Crippen LogP contribution in [0.2, 0.25) is 0 Å². The zero-order chi connectivity index (χ0) is 12.0. The van der Waals surface area contributed by atoms with Gasteiger partial charge >= 0.3 is 0 Å². The molecule has 4 heteroatoms. The number of nitrogens with one attached hydrogen (secondary N) is 1. The summed E-state index contributed by atoms with van der Waals surface area (Å²) in [5, 5.41) is 3.19. The van der Waals surface area contributed by atoms with Crippen LogP contribution in [0.25, 0.3) is 0 Å². The average molecular weight is 252 g/mol. The van der Waals surface area contributed by atoms with Gasteiger partial charge in [-0.25, -0.2) is 0 Å². The third kappa shape index (κ3) is 2.19. The second-order valence-corrected chi connectivity index (χ2v) is 6.45. The summed E-state index contributed by atoms with van der Waals surface area (Å²) in [7, 11) is 0. The van der Waals surface area contributed by atoms with E-state index < -0.39 is 0 Å². The summed E-state index contributed by atoms with van der Waals surface area (Å²) in [6, 6.07) is 0.205. The van der Waals surface area contributed by atoms with E-state index in [9.17, 15) is 4.79 Å². The third-order valence-corrected chi connectivity index (χ3v) is 5.13. The SMILES string of the molecule is NC(=S)C1CCCC1NC(=O)C1CC2CC2C1. The molecule has 94 valence electrons. The second kappa shape index (κ2) is 4.23.